The van der Waals surface area contributed by atoms with Gasteiger partial charge in [0.15, 0.2) is 0 Å². The summed E-state index contributed by atoms with van der Waals surface area (Å²) in [7, 11) is 0. The van der Waals surface area contributed by atoms with Crippen LogP contribution in [0.3, 0.4) is 0 Å². The molecule has 0 saturated carbocycles. The van der Waals surface area contributed by atoms with Crippen LogP contribution in [-0.4, -0.2) is 14.5 Å². The number of thiophene rings is 1. The molecule has 0 amide bonds. The first-order valence-electron chi connectivity index (χ1n) is 9.22. The van der Waals surface area contributed by atoms with E-state index in [-0.39, 0.29) is 5.56 Å². The van der Waals surface area contributed by atoms with E-state index in [1.807, 2.05) is 41.1 Å². The molecule has 0 radical (unpaired) electrons. The second-order valence-corrected chi connectivity index (χ2v) is 8.60. The molecule has 0 saturated heterocycles. The van der Waals surface area contributed by atoms with Crippen LogP contribution in [0.2, 0.25) is 0 Å². The molecular formula is C23H17N3OS2. The largest absolute Gasteiger partial charge is 0.293 e. The van der Waals surface area contributed by atoms with Crippen molar-refractivity contribution in [2.45, 2.75) is 13.5 Å². The predicted molar refractivity (Wildman–Crippen MR) is 121 cm³/mol. The van der Waals surface area contributed by atoms with Crippen molar-refractivity contribution >= 4 is 32.9 Å². The Balaban J connectivity index is 1.52. The summed E-state index contributed by atoms with van der Waals surface area (Å²) in [4.78, 5) is 23.2. The first-order valence-corrected chi connectivity index (χ1v) is 11.0. The summed E-state index contributed by atoms with van der Waals surface area (Å²) in [5.41, 5.74) is 5.11. The molecule has 142 valence electrons. The summed E-state index contributed by atoms with van der Waals surface area (Å²) in [5, 5.41) is 5.66. The van der Waals surface area contributed by atoms with Crippen molar-refractivity contribution in [3.63, 3.8) is 0 Å². The van der Waals surface area contributed by atoms with Gasteiger partial charge in [-0.2, -0.15) is 0 Å². The minimum absolute atomic E-state index is 0.0268. The lowest BCUT2D eigenvalue weighted by molar-refractivity contribution is 0.735. The van der Waals surface area contributed by atoms with Crippen LogP contribution in [0.15, 0.2) is 76.5 Å². The van der Waals surface area contributed by atoms with Gasteiger partial charge in [-0.3, -0.25) is 9.36 Å². The van der Waals surface area contributed by atoms with E-state index in [0.29, 0.717) is 11.9 Å². The van der Waals surface area contributed by atoms with Gasteiger partial charge in [-0.15, -0.1) is 22.7 Å². The van der Waals surface area contributed by atoms with E-state index in [4.69, 9.17) is 4.98 Å². The second kappa shape index (κ2) is 7.39. The molecule has 0 fully saturated rings. The number of fused-ring (bicyclic) bond motifs is 1. The molecule has 0 aliphatic rings. The molecule has 3 aromatic heterocycles. The van der Waals surface area contributed by atoms with Gasteiger partial charge in [-0.1, -0.05) is 60.2 Å². The zero-order valence-corrected chi connectivity index (χ0v) is 17.3. The monoisotopic (exact) mass is 415 g/mol. The number of rotatable bonds is 4. The van der Waals surface area contributed by atoms with Crippen LogP contribution in [0.4, 0.5) is 0 Å². The maximum Gasteiger partial charge on any atom is 0.263 e. The topological polar surface area (TPSA) is 47.8 Å². The fourth-order valence-corrected chi connectivity index (χ4v) is 5.02. The minimum atomic E-state index is -0.0268. The smallest absolute Gasteiger partial charge is 0.263 e. The van der Waals surface area contributed by atoms with Crippen molar-refractivity contribution in [3.8, 4) is 21.7 Å². The van der Waals surface area contributed by atoms with Gasteiger partial charge in [-0.25, -0.2) is 9.97 Å². The third-order valence-electron chi connectivity index (χ3n) is 4.83. The molecule has 2 aromatic carbocycles. The van der Waals surface area contributed by atoms with Crippen LogP contribution in [0.1, 0.15) is 11.3 Å². The normalized spacial score (nSPS) is 11.2. The number of aryl methyl sites for hydroxylation is 1. The molecule has 0 bridgehead atoms. The third-order valence-corrected chi connectivity index (χ3v) is 6.65. The Morgan fingerprint density at radius 2 is 1.72 bits per heavy atom. The average Bonchev–Trinajstić information content (AvgIpc) is 3.39. The van der Waals surface area contributed by atoms with Gasteiger partial charge in [-0.05, 0) is 12.5 Å². The maximum absolute atomic E-state index is 13.2. The Hall–Kier alpha value is -3.09. The van der Waals surface area contributed by atoms with Crippen LogP contribution < -0.4 is 5.56 Å². The van der Waals surface area contributed by atoms with Crippen LogP contribution in [-0.2, 0) is 6.54 Å². The van der Waals surface area contributed by atoms with Gasteiger partial charge in [0.25, 0.3) is 5.56 Å². The molecule has 0 aliphatic heterocycles. The van der Waals surface area contributed by atoms with E-state index in [0.717, 1.165) is 32.2 Å². The number of hydrogen-bond acceptors (Lipinski definition) is 5. The molecule has 29 heavy (non-hydrogen) atoms. The fraction of sp³-hybridized carbons (Fsp3) is 0.0870. The highest BCUT2D eigenvalue weighted by atomic mass is 32.1. The highest BCUT2D eigenvalue weighted by molar-refractivity contribution is 7.17. The molecule has 3 heterocycles. The van der Waals surface area contributed by atoms with E-state index >= 15 is 0 Å². The summed E-state index contributed by atoms with van der Waals surface area (Å²) >= 11 is 3.10. The van der Waals surface area contributed by atoms with E-state index in [1.54, 1.807) is 22.2 Å². The van der Waals surface area contributed by atoms with Crippen LogP contribution >= 0.6 is 22.7 Å². The fourth-order valence-electron chi connectivity index (χ4n) is 3.29. The SMILES string of the molecule is Cc1ccc(-c2csc3ncn(Cc4csc(-c5ccccc5)n4)c(=O)c23)cc1. The van der Waals surface area contributed by atoms with Gasteiger partial charge >= 0.3 is 0 Å². The number of hydrogen-bond donors (Lipinski definition) is 0. The summed E-state index contributed by atoms with van der Waals surface area (Å²) < 4.78 is 1.65. The number of aromatic nitrogens is 3. The molecule has 0 atom stereocenters. The van der Waals surface area contributed by atoms with Crippen molar-refractivity contribution in [1.29, 1.82) is 0 Å². The number of benzene rings is 2. The van der Waals surface area contributed by atoms with Gasteiger partial charge in [0.05, 0.1) is 24.0 Å². The number of thiazole rings is 1. The summed E-state index contributed by atoms with van der Waals surface area (Å²) in [5.74, 6) is 0. The highest BCUT2D eigenvalue weighted by Crippen LogP contribution is 2.31. The molecule has 5 aromatic rings. The molecule has 5 rings (SSSR count). The summed E-state index contributed by atoms with van der Waals surface area (Å²) in [6.45, 7) is 2.47. The molecule has 0 N–H and O–H groups in total. The highest BCUT2D eigenvalue weighted by Gasteiger charge is 2.14. The minimum Gasteiger partial charge on any atom is -0.293 e. The van der Waals surface area contributed by atoms with Gasteiger partial charge in [0, 0.05) is 21.9 Å². The molecule has 0 aliphatic carbocycles. The predicted octanol–water partition coefficient (Wildman–Crippen LogP) is 5.61. The van der Waals surface area contributed by atoms with Crippen molar-refractivity contribution < 1.29 is 0 Å². The van der Waals surface area contributed by atoms with Crippen molar-refractivity contribution in [1.82, 2.24) is 14.5 Å². The summed E-state index contributed by atoms with van der Waals surface area (Å²) in [6, 6.07) is 18.3. The zero-order valence-electron chi connectivity index (χ0n) is 15.7. The molecule has 0 unspecified atom stereocenters. The molecule has 6 heteroatoms. The Morgan fingerprint density at radius 3 is 2.52 bits per heavy atom. The van der Waals surface area contributed by atoms with Crippen LogP contribution in [0.5, 0.6) is 0 Å². The lowest BCUT2D eigenvalue weighted by Gasteiger charge is -2.05. The third kappa shape index (κ3) is 3.41. The van der Waals surface area contributed by atoms with Crippen molar-refractivity contribution in [2.24, 2.45) is 0 Å². The first-order chi connectivity index (χ1) is 14.2. The maximum atomic E-state index is 13.2. The van der Waals surface area contributed by atoms with E-state index in [9.17, 15) is 4.79 Å². The van der Waals surface area contributed by atoms with Gasteiger partial charge in [0.1, 0.15) is 9.84 Å². The lowest BCUT2D eigenvalue weighted by Crippen LogP contribution is -2.21. The quantitative estimate of drug-likeness (QED) is 0.384. The molecule has 4 nitrogen and oxygen atoms in total. The van der Waals surface area contributed by atoms with E-state index in [1.165, 1.54) is 16.9 Å². The Morgan fingerprint density at radius 1 is 0.931 bits per heavy atom. The van der Waals surface area contributed by atoms with E-state index in [2.05, 4.69) is 36.2 Å². The van der Waals surface area contributed by atoms with Gasteiger partial charge in [0.2, 0.25) is 0 Å². The average molecular weight is 416 g/mol. The number of nitrogens with zero attached hydrogens (tertiary/aromatic N) is 3. The van der Waals surface area contributed by atoms with Gasteiger partial charge < -0.3 is 0 Å². The Bertz CT molecular complexity index is 1350. The van der Waals surface area contributed by atoms with Crippen molar-refractivity contribution in [2.75, 3.05) is 0 Å². The second-order valence-electron chi connectivity index (χ2n) is 6.88. The van der Waals surface area contributed by atoms with E-state index < -0.39 is 0 Å². The zero-order chi connectivity index (χ0) is 19.8. The van der Waals surface area contributed by atoms with Crippen LogP contribution in [0, 0.1) is 6.92 Å². The Labute approximate surface area is 175 Å². The molecular weight excluding hydrogens is 398 g/mol. The summed E-state index contributed by atoms with van der Waals surface area (Å²) in [6.07, 6.45) is 1.63. The Kier molecular flexibility index (Phi) is 4.58. The van der Waals surface area contributed by atoms with Crippen molar-refractivity contribution in [3.05, 3.63) is 93.3 Å². The van der Waals surface area contributed by atoms with Crippen LogP contribution in [0.25, 0.3) is 31.9 Å². The first kappa shape index (κ1) is 18.0. The lowest BCUT2D eigenvalue weighted by atomic mass is 10.1. The molecule has 0 spiro atoms. The standard InChI is InChI=1S/C23H17N3OS2/c1-15-7-9-16(10-8-15)19-13-29-22-20(19)23(27)26(14-24-22)11-18-12-28-21(25-18)17-5-3-2-4-6-17/h2-10,12-14H,11H2,1H3.